The molecule has 0 saturated carbocycles. The van der Waals surface area contributed by atoms with E-state index in [1.807, 2.05) is 30.3 Å². The molecule has 1 unspecified atom stereocenters. The fraction of sp³-hybridized carbons (Fsp3) is 0.111. The molecule has 1 heterocycles. The van der Waals surface area contributed by atoms with Crippen molar-refractivity contribution in [1.82, 2.24) is 4.39 Å². The third-order valence-corrected chi connectivity index (χ3v) is 2.50. The summed E-state index contributed by atoms with van der Waals surface area (Å²) in [6.07, 6.45) is 3.67. The highest BCUT2D eigenvalue weighted by Crippen LogP contribution is 2.33. The van der Waals surface area contributed by atoms with Crippen LogP contribution >= 0.6 is 0 Å². The van der Waals surface area contributed by atoms with E-state index in [4.69, 9.17) is 0 Å². The van der Waals surface area contributed by atoms with Gasteiger partial charge in [-0.2, -0.15) is 0 Å². The van der Waals surface area contributed by atoms with Gasteiger partial charge in [-0.3, -0.25) is 4.39 Å². The molecule has 0 spiro atoms. The van der Waals surface area contributed by atoms with Gasteiger partial charge in [-0.25, -0.2) is 0 Å². The number of nitrogens with zero attached hydrogens (tertiary/aromatic N) is 1. The summed E-state index contributed by atoms with van der Waals surface area (Å²) in [5, 5.41) is 18.5. The topological polar surface area (TPSA) is 40.5 Å². The summed E-state index contributed by atoms with van der Waals surface area (Å²) >= 11 is 0. The first-order valence-electron chi connectivity index (χ1n) is 4.15. The summed E-state index contributed by atoms with van der Waals surface area (Å²) in [4.78, 5) is 0. The summed E-state index contributed by atoms with van der Waals surface area (Å²) in [7, 11) is 0.354. The van der Waals surface area contributed by atoms with Gasteiger partial charge >= 0.3 is 7.25 Å². The second-order valence-corrected chi connectivity index (χ2v) is 3.37. The molecule has 1 aromatic rings. The molecule has 1 atom stereocenters. The molecule has 2 rings (SSSR count). The van der Waals surface area contributed by atoms with E-state index in [2.05, 4.69) is 0 Å². The average Bonchev–Trinajstić information content (AvgIpc) is 2.47. The quantitative estimate of drug-likeness (QED) is 0.614. The Hall–Kier alpha value is -1.10. The Morgan fingerprint density at radius 2 is 1.92 bits per heavy atom. The van der Waals surface area contributed by atoms with Crippen molar-refractivity contribution in [2.45, 2.75) is 0 Å². The minimum Gasteiger partial charge on any atom is -0.369 e. The molecule has 1 aliphatic heterocycles. The zero-order valence-electron chi connectivity index (χ0n) is 7.38. The van der Waals surface area contributed by atoms with E-state index in [0.29, 0.717) is 0 Å². The number of benzene rings is 1. The van der Waals surface area contributed by atoms with Crippen molar-refractivity contribution in [3.05, 3.63) is 36.0 Å². The van der Waals surface area contributed by atoms with E-state index in [1.54, 1.807) is 13.2 Å². The van der Waals surface area contributed by atoms with E-state index in [-0.39, 0.29) is 4.39 Å². The molecule has 1 aromatic carbocycles. The molecule has 66 valence electrons. The molecule has 0 aromatic heterocycles. The number of hydrogen-bond donors (Lipinski definition) is 2. The zero-order valence-corrected chi connectivity index (χ0v) is 7.38. The van der Waals surface area contributed by atoms with E-state index in [1.165, 1.54) is 0 Å². The van der Waals surface area contributed by atoms with Crippen LogP contribution < -0.4 is 4.39 Å². The molecule has 3 nitrogen and oxygen atoms in total. The fourth-order valence-corrected chi connectivity index (χ4v) is 1.58. The van der Waals surface area contributed by atoms with Crippen LogP contribution in [0.2, 0.25) is 0 Å². The number of rotatable bonds is 1. The first-order valence-corrected chi connectivity index (χ1v) is 4.15. The van der Waals surface area contributed by atoms with Gasteiger partial charge < -0.3 is 10.0 Å². The van der Waals surface area contributed by atoms with Crippen molar-refractivity contribution >= 4 is 19.0 Å². The van der Waals surface area contributed by atoms with Crippen LogP contribution in [0.1, 0.15) is 5.56 Å². The maximum Gasteiger partial charge on any atom is 0.764 e. The monoisotopic (exact) mass is 176 g/mol. The minimum atomic E-state index is -1.40. The first-order chi connectivity index (χ1) is 6.14. The molecule has 0 saturated heterocycles. The number of para-hydroxylation sites is 1. The smallest absolute Gasteiger partial charge is 0.369 e. The van der Waals surface area contributed by atoms with Crippen LogP contribution in [0.5, 0.6) is 0 Å². The van der Waals surface area contributed by atoms with Crippen molar-refractivity contribution < 1.29 is 10.0 Å². The molecule has 0 bridgehead atoms. The van der Waals surface area contributed by atoms with E-state index < -0.39 is 7.25 Å². The lowest BCUT2D eigenvalue weighted by atomic mass is 10.0. The molecular weight excluding hydrogens is 165 g/mol. The molecule has 1 aliphatic rings. The number of quaternary nitrogens is 1. The van der Waals surface area contributed by atoms with Crippen molar-refractivity contribution in [2.24, 2.45) is 0 Å². The van der Waals surface area contributed by atoms with E-state index >= 15 is 0 Å². The van der Waals surface area contributed by atoms with Crippen LogP contribution in [0, 0.1) is 0 Å². The second kappa shape index (κ2) is 2.70. The van der Waals surface area contributed by atoms with Crippen molar-refractivity contribution in [2.75, 3.05) is 7.05 Å². The number of hydrogen-bond acceptors (Lipinski definition) is 2. The highest BCUT2D eigenvalue weighted by Gasteiger charge is 2.43. The Morgan fingerprint density at radius 1 is 1.23 bits per heavy atom. The summed E-state index contributed by atoms with van der Waals surface area (Å²) in [6, 6.07) is 7.68. The van der Waals surface area contributed by atoms with Crippen LogP contribution in [0.25, 0.3) is 6.08 Å². The Kier molecular flexibility index (Phi) is 1.77. The Bertz CT molecular complexity index is 364. The molecule has 0 fully saturated rings. The Balaban J connectivity index is 2.55. The summed E-state index contributed by atoms with van der Waals surface area (Å²) in [5.74, 6) is 0. The lowest BCUT2D eigenvalue weighted by molar-refractivity contribution is 0.337. The largest absolute Gasteiger partial charge is 0.764 e. The van der Waals surface area contributed by atoms with Crippen molar-refractivity contribution in [3.8, 4) is 0 Å². The third-order valence-electron chi connectivity index (χ3n) is 2.50. The molecule has 13 heavy (non-hydrogen) atoms. The highest BCUT2D eigenvalue weighted by atomic mass is 16.4. The van der Waals surface area contributed by atoms with Crippen molar-refractivity contribution in [1.29, 1.82) is 0 Å². The SMILES string of the molecule is C[N+]1(B(O)O)C=Cc2ccccc21. The lowest BCUT2D eigenvalue weighted by Crippen LogP contribution is -2.52. The highest BCUT2D eigenvalue weighted by molar-refractivity contribution is 6.44. The van der Waals surface area contributed by atoms with Crippen LogP contribution in [-0.2, 0) is 0 Å². The lowest BCUT2D eigenvalue weighted by Gasteiger charge is -2.25. The number of fused-ring (bicyclic) bond motifs is 1. The molecular formula is C9H11BNO2+. The van der Waals surface area contributed by atoms with Crippen LogP contribution in [-0.4, -0.2) is 24.3 Å². The summed E-state index contributed by atoms with van der Waals surface area (Å²) < 4.78 is 0.0379. The zero-order chi connectivity index (χ0) is 9.47. The molecule has 0 aliphatic carbocycles. The molecule has 0 radical (unpaired) electrons. The maximum atomic E-state index is 9.23. The van der Waals surface area contributed by atoms with Crippen LogP contribution in [0.15, 0.2) is 30.5 Å². The first kappa shape index (κ1) is 8.50. The van der Waals surface area contributed by atoms with Gasteiger partial charge in [0.2, 0.25) is 0 Å². The standard InChI is InChI=1S/C9H11BNO2/c1-11(10(12)13)7-6-8-4-2-3-5-9(8)11/h2-7,12-13H,1H3/q+1. The van der Waals surface area contributed by atoms with Gasteiger partial charge in [0.05, 0.1) is 13.2 Å². The normalized spacial score (nSPS) is 24.5. The summed E-state index contributed by atoms with van der Waals surface area (Å²) in [5.41, 5.74) is 1.95. The molecule has 0 amide bonds. The van der Waals surface area contributed by atoms with E-state index in [0.717, 1.165) is 11.3 Å². The van der Waals surface area contributed by atoms with Crippen LogP contribution in [0.3, 0.4) is 0 Å². The predicted octanol–water partition coefficient (Wildman–Crippen LogP) is 0.578. The van der Waals surface area contributed by atoms with Gasteiger partial charge in [0, 0.05) is 11.6 Å². The fourth-order valence-electron chi connectivity index (χ4n) is 1.58. The average molecular weight is 176 g/mol. The Labute approximate surface area is 77.3 Å². The minimum absolute atomic E-state index is 0.0379. The van der Waals surface area contributed by atoms with Gasteiger partial charge in [-0.15, -0.1) is 0 Å². The van der Waals surface area contributed by atoms with Crippen LogP contribution in [0.4, 0.5) is 5.69 Å². The van der Waals surface area contributed by atoms with Gasteiger partial charge in [0.15, 0.2) is 0 Å². The van der Waals surface area contributed by atoms with Gasteiger partial charge in [0.1, 0.15) is 5.69 Å². The molecule has 4 heteroatoms. The van der Waals surface area contributed by atoms with Gasteiger partial charge in [0.25, 0.3) is 0 Å². The predicted molar refractivity (Wildman–Crippen MR) is 53.4 cm³/mol. The van der Waals surface area contributed by atoms with Gasteiger partial charge in [-0.1, -0.05) is 12.1 Å². The Morgan fingerprint density at radius 3 is 2.62 bits per heavy atom. The van der Waals surface area contributed by atoms with E-state index in [9.17, 15) is 10.0 Å². The van der Waals surface area contributed by atoms with Crippen molar-refractivity contribution in [3.63, 3.8) is 0 Å². The third kappa shape index (κ3) is 1.11. The second-order valence-electron chi connectivity index (χ2n) is 3.37. The van der Waals surface area contributed by atoms with Gasteiger partial charge in [-0.05, 0) is 12.1 Å². The maximum absolute atomic E-state index is 9.23. The summed E-state index contributed by atoms with van der Waals surface area (Å²) in [6.45, 7) is 0. The molecule has 2 N–H and O–H groups in total.